The number of nitrogens with zero attached hydrogens (tertiary/aromatic N) is 2. The number of nitrogens with one attached hydrogen (secondary N) is 2. The van der Waals surface area contributed by atoms with Gasteiger partial charge in [0, 0.05) is 18.8 Å². The van der Waals surface area contributed by atoms with Gasteiger partial charge in [-0.2, -0.15) is 5.10 Å². The third kappa shape index (κ3) is 5.60. The standard InChI is InChI=1S/C13H26N4O2S/c1-4-7-14-8-6-9-17-11-13(10-15-17)20(18,19)16-12(3)5-2/h10-12,14,16H,4-9H2,1-3H3. The molecule has 116 valence electrons. The van der Waals surface area contributed by atoms with Crippen molar-refractivity contribution < 1.29 is 8.42 Å². The highest BCUT2D eigenvalue weighted by Gasteiger charge is 2.18. The molecular weight excluding hydrogens is 276 g/mol. The lowest BCUT2D eigenvalue weighted by Crippen LogP contribution is -2.31. The molecule has 0 aliphatic rings. The molecule has 1 aromatic heterocycles. The minimum Gasteiger partial charge on any atom is -0.317 e. The fourth-order valence-corrected chi connectivity index (χ4v) is 2.97. The minimum atomic E-state index is -3.44. The van der Waals surface area contributed by atoms with Crippen LogP contribution in [0.15, 0.2) is 17.3 Å². The fraction of sp³-hybridized carbons (Fsp3) is 0.769. The van der Waals surface area contributed by atoms with E-state index in [9.17, 15) is 8.42 Å². The van der Waals surface area contributed by atoms with Crippen LogP contribution in [-0.4, -0.2) is 37.3 Å². The summed E-state index contributed by atoms with van der Waals surface area (Å²) < 4.78 is 28.4. The van der Waals surface area contributed by atoms with E-state index in [1.165, 1.54) is 6.20 Å². The third-order valence-corrected chi connectivity index (χ3v) is 4.60. The molecule has 0 fully saturated rings. The number of hydrogen-bond acceptors (Lipinski definition) is 4. The first-order valence-corrected chi connectivity index (χ1v) is 8.73. The second kappa shape index (κ2) is 8.39. The van der Waals surface area contributed by atoms with Gasteiger partial charge in [0.05, 0.1) is 6.20 Å². The quantitative estimate of drug-likeness (QED) is 0.640. The summed E-state index contributed by atoms with van der Waals surface area (Å²) in [6.07, 6.45) is 5.80. The van der Waals surface area contributed by atoms with Gasteiger partial charge in [-0.25, -0.2) is 13.1 Å². The second-order valence-corrected chi connectivity index (χ2v) is 6.69. The molecule has 0 aliphatic heterocycles. The molecule has 20 heavy (non-hydrogen) atoms. The summed E-state index contributed by atoms with van der Waals surface area (Å²) >= 11 is 0. The Labute approximate surface area is 122 Å². The maximum atomic E-state index is 12.1. The first-order chi connectivity index (χ1) is 9.49. The summed E-state index contributed by atoms with van der Waals surface area (Å²) in [5.41, 5.74) is 0. The van der Waals surface area contributed by atoms with Crippen LogP contribution in [0.3, 0.4) is 0 Å². The van der Waals surface area contributed by atoms with Crippen molar-refractivity contribution >= 4 is 10.0 Å². The van der Waals surface area contributed by atoms with Gasteiger partial charge in [-0.1, -0.05) is 13.8 Å². The summed E-state index contributed by atoms with van der Waals surface area (Å²) in [7, 11) is -3.44. The molecule has 2 N–H and O–H groups in total. The van der Waals surface area contributed by atoms with Crippen LogP contribution in [0.1, 0.15) is 40.0 Å². The predicted molar refractivity (Wildman–Crippen MR) is 80.1 cm³/mol. The van der Waals surface area contributed by atoms with Gasteiger partial charge in [0.15, 0.2) is 0 Å². The first kappa shape index (κ1) is 17.1. The second-order valence-electron chi connectivity index (χ2n) is 4.97. The van der Waals surface area contributed by atoms with Crippen LogP contribution < -0.4 is 10.0 Å². The van der Waals surface area contributed by atoms with E-state index in [4.69, 9.17) is 0 Å². The van der Waals surface area contributed by atoms with Crippen molar-refractivity contribution in [3.63, 3.8) is 0 Å². The molecule has 1 heterocycles. The first-order valence-electron chi connectivity index (χ1n) is 7.25. The molecule has 0 saturated heterocycles. The molecule has 1 atom stereocenters. The van der Waals surface area contributed by atoms with Crippen molar-refractivity contribution in [1.82, 2.24) is 19.8 Å². The Morgan fingerprint density at radius 2 is 2.10 bits per heavy atom. The third-order valence-electron chi connectivity index (χ3n) is 3.06. The Hall–Kier alpha value is -0.920. The zero-order chi connectivity index (χ0) is 15.0. The normalized spacial score (nSPS) is 13.6. The van der Waals surface area contributed by atoms with E-state index >= 15 is 0 Å². The Bertz CT molecular complexity index is 484. The van der Waals surface area contributed by atoms with Crippen molar-refractivity contribution in [1.29, 1.82) is 0 Å². The SMILES string of the molecule is CCCNCCCn1cc(S(=O)(=O)NC(C)CC)cn1. The van der Waals surface area contributed by atoms with Crippen LogP contribution in [0.25, 0.3) is 0 Å². The highest BCUT2D eigenvalue weighted by Crippen LogP contribution is 2.08. The van der Waals surface area contributed by atoms with Crippen LogP contribution in [0.2, 0.25) is 0 Å². The largest absolute Gasteiger partial charge is 0.317 e. The predicted octanol–water partition coefficient (Wildman–Crippen LogP) is 1.35. The molecule has 0 spiro atoms. The lowest BCUT2D eigenvalue weighted by molar-refractivity contribution is 0.540. The molecule has 7 heteroatoms. The van der Waals surface area contributed by atoms with Crippen molar-refractivity contribution in [3.8, 4) is 0 Å². The zero-order valence-electron chi connectivity index (χ0n) is 12.6. The van der Waals surface area contributed by atoms with Gasteiger partial charge < -0.3 is 5.32 Å². The Balaban J connectivity index is 2.50. The van der Waals surface area contributed by atoms with E-state index in [1.807, 2.05) is 13.8 Å². The van der Waals surface area contributed by atoms with Crippen LogP contribution >= 0.6 is 0 Å². The number of aromatic nitrogens is 2. The average Bonchev–Trinajstić information content (AvgIpc) is 2.87. The summed E-state index contributed by atoms with van der Waals surface area (Å²) in [4.78, 5) is 0.235. The molecule has 1 aromatic rings. The molecular formula is C13H26N4O2S. The van der Waals surface area contributed by atoms with Crippen molar-refractivity contribution in [2.45, 2.75) is 57.5 Å². The number of rotatable bonds is 10. The number of hydrogen-bond donors (Lipinski definition) is 2. The van der Waals surface area contributed by atoms with E-state index in [2.05, 4.69) is 22.1 Å². The van der Waals surface area contributed by atoms with Crippen LogP contribution in [0, 0.1) is 0 Å². The molecule has 0 aliphatic carbocycles. The average molecular weight is 302 g/mol. The van der Waals surface area contributed by atoms with Gasteiger partial charge in [0.1, 0.15) is 4.90 Å². The maximum Gasteiger partial charge on any atom is 0.243 e. The van der Waals surface area contributed by atoms with Gasteiger partial charge >= 0.3 is 0 Å². The van der Waals surface area contributed by atoms with E-state index in [0.29, 0.717) is 0 Å². The van der Waals surface area contributed by atoms with Crippen molar-refractivity contribution in [2.24, 2.45) is 0 Å². The van der Waals surface area contributed by atoms with E-state index in [-0.39, 0.29) is 10.9 Å². The molecule has 0 aromatic carbocycles. The highest BCUT2D eigenvalue weighted by atomic mass is 32.2. The Morgan fingerprint density at radius 1 is 1.35 bits per heavy atom. The molecule has 0 amide bonds. The molecule has 1 unspecified atom stereocenters. The van der Waals surface area contributed by atoms with E-state index in [0.717, 1.165) is 38.9 Å². The van der Waals surface area contributed by atoms with Crippen LogP contribution in [-0.2, 0) is 16.6 Å². The fourth-order valence-electron chi connectivity index (χ4n) is 1.69. The van der Waals surface area contributed by atoms with Gasteiger partial charge in [-0.3, -0.25) is 4.68 Å². The van der Waals surface area contributed by atoms with Crippen molar-refractivity contribution in [2.75, 3.05) is 13.1 Å². The van der Waals surface area contributed by atoms with E-state index in [1.54, 1.807) is 10.9 Å². The molecule has 0 bridgehead atoms. The van der Waals surface area contributed by atoms with Gasteiger partial charge in [-0.05, 0) is 39.3 Å². The highest BCUT2D eigenvalue weighted by molar-refractivity contribution is 7.89. The van der Waals surface area contributed by atoms with Crippen LogP contribution in [0.5, 0.6) is 0 Å². The van der Waals surface area contributed by atoms with Gasteiger partial charge in [0.2, 0.25) is 10.0 Å². The van der Waals surface area contributed by atoms with E-state index < -0.39 is 10.0 Å². The summed E-state index contributed by atoms with van der Waals surface area (Å²) in [6.45, 7) is 8.57. The Morgan fingerprint density at radius 3 is 2.75 bits per heavy atom. The number of aryl methyl sites for hydroxylation is 1. The van der Waals surface area contributed by atoms with Crippen molar-refractivity contribution in [3.05, 3.63) is 12.4 Å². The molecule has 6 nitrogen and oxygen atoms in total. The maximum absolute atomic E-state index is 12.1. The lowest BCUT2D eigenvalue weighted by Gasteiger charge is -2.10. The molecule has 0 saturated carbocycles. The zero-order valence-corrected chi connectivity index (χ0v) is 13.4. The minimum absolute atomic E-state index is 0.0680. The van der Waals surface area contributed by atoms with Crippen LogP contribution in [0.4, 0.5) is 0 Å². The van der Waals surface area contributed by atoms with Gasteiger partial charge in [-0.15, -0.1) is 0 Å². The smallest absolute Gasteiger partial charge is 0.243 e. The molecule has 0 radical (unpaired) electrons. The summed E-state index contributed by atoms with van der Waals surface area (Å²) in [5.74, 6) is 0. The monoisotopic (exact) mass is 302 g/mol. The summed E-state index contributed by atoms with van der Waals surface area (Å²) in [5, 5.41) is 7.41. The Kier molecular flexibility index (Phi) is 7.18. The lowest BCUT2D eigenvalue weighted by atomic mass is 10.3. The number of sulfonamides is 1. The summed E-state index contributed by atoms with van der Waals surface area (Å²) in [6, 6.07) is -0.0680. The van der Waals surface area contributed by atoms with Gasteiger partial charge in [0.25, 0.3) is 0 Å². The molecule has 1 rings (SSSR count). The topological polar surface area (TPSA) is 76.0 Å².